The number of rotatable bonds is 5. The molecule has 0 unspecified atom stereocenters. The van der Waals surface area contributed by atoms with Crippen LogP contribution in [-0.4, -0.2) is 56.8 Å². The third kappa shape index (κ3) is 6.25. The van der Waals surface area contributed by atoms with Crippen molar-refractivity contribution in [3.05, 3.63) is 34.9 Å². The molecule has 3 rings (SSSR count). The number of nitrogens with zero attached hydrogens (tertiary/aromatic N) is 2. The molecule has 2 aliphatic rings. The van der Waals surface area contributed by atoms with E-state index in [0.717, 1.165) is 63.2 Å². The SMILES string of the molecule is CN=C(NCC1(C)COC1)NC1CCN(Cc2ccc(Cl)cc2)CC1.I. The Morgan fingerprint density at radius 3 is 2.46 bits per heavy atom. The van der Waals surface area contributed by atoms with E-state index >= 15 is 0 Å². The summed E-state index contributed by atoms with van der Waals surface area (Å²) in [6.07, 6.45) is 2.27. The molecule has 0 aromatic heterocycles. The first-order chi connectivity index (χ1) is 12.1. The van der Waals surface area contributed by atoms with E-state index in [-0.39, 0.29) is 29.4 Å². The Labute approximate surface area is 178 Å². The Hall–Kier alpha value is -0.570. The number of piperidine rings is 1. The minimum atomic E-state index is 0. The summed E-state index contributed by atoms with van der Waals surface area (Å²) in [7, 11) is 1.84. The highest BCUT2D eigenvalue weighted by atomic mass is 127. The van der Waals surface area contributed by atoms with Gasteiger partial charge < -0.3 is 15.4 Å². The molecule has 1 aromatic carbocycles. The van der Waals surface area contributed by atoms with Crippen molar-refractivity contribution in [3.63, 3.8) is 0 Å². The highest BCUT2D eigenvalue weighted by Gasteiger charge is 2.33. The van der Waals surface area contributed by atoms with E-state index in [2.05, 4.69) is 39.6 Å². The third-order valence-electron chi connectivity index (χ3n) is 5.06. The molecule has 2 saturated heterocycles. The van der Waals surface area contributed by atoms with Gasteiger partial charge in [-0.3, -0.25) is 9.89 Å². The number of aliphatic imine (C=N–C) groups is 1. The first kappa shape index (κ1) is 21.7. The number of halogens is 2. The highest BCUT2D eigenvalue weighted by Crippen LogP contribution is 2.25. The zero-order valence-electron chi connectivity index (χ0n) is 15.6. The van der Waals surface area contributed by atoms with Crippen LogP contribution in [0.4, 0.5) is 0 Å². The monoisotopic (exact) mass is 492 g/mol. The van der Waals surface area contributed by atoms with E-state index < -0.39 is 0 Å². The lowest BCUT2D eigenvalue weighted by molar-refractivity contribution is -0.0971. The summed E-state index contributed by atoms with van der Waals surface area (Å²) >= 11 is 5.96. The molecular formula is C19H30ClIN4O. The van der Waals surface area contributed by atoms with Crippen LogP contribution in [0.2, 0.25) is 5.02 Å². The molecule has 2 N–H and O–H groups in total. The Morgan fingerprint density at radius 2 is 1.92 bits per heavy atom. The van der Waals surface area contributed by atoms with Crippen molar-refractivity contribution in [2.45, 2.75) is 32.4 Å². The zero-order chi connectivity index (χ0) is 17.7. The van der Waals surface area contributed by atoms with Crippen LogP contribution in [0.15, 0.2) is 29.3 Å². The molecule has 0 atom stereocenters. The largest absolute Gasteiger partial charge is 0.380 e. The van der Waals surface area contributed by atoms with Crippen molar-refractivity contribution in [1.29, 1.82) is 0 Å². The average molecular weight is 493 g/mol. The van der Waals surface area contributed by atoms with Gasteiger partial charge in [-0.05, 0) is 30.5 Å². The lowest BCUT2D eigenvalue weighted by atomic mass is 9.89. The molecule has 0 aliphatic carbocycles. The average Bonchev–Trinajstić information content (AvgIpc) is 2.60. The second-order valence-corrected chi connectivity index (χ2v) is 7.99. The van der Waals surface area contributed by atoms with Gasteiger partial charge in [0.2, 0.25) is 0 Å². The van der Waals surface area contributed by atoms with Crippen LogP contribution in [0.5, 0.6) is 0 Å². The van der Waals surface area contributed by atoms with Crippen LogP contribution in [0.25, 0.3) is 0 Å². The number of hydrogen-bond acceptors (Lipinski definition) is 3. The molecule has 2 heterocycles. The molecule has 0 amide bonds. The topological polar surface area (TPSA) is 48.9 Å². The van der Waals surface area contributed by atoms with Crippen molar-refractivity contribution < 1.29 is 4.74 Å². The first-order valence-corrected chi connectivity index (χ1v) is 9.46. The molecule has 0 bridgehead atoms. The maximum atomic E-state index is 5.96. The summed E-state index contributed by atoms with van der Waals surface area (Å²) in [4.78, 5) is 6.87. The Kier molecular flexibility index (Phi) is 8.44. The molecule has 26 heavy (non-hydrogen) atoms. The summed E-state index contributed by atoms with van der Waals surface area (Å²) in [5, 5.41) is 7.82. The van der Waals surface area contributed by atoms with E-state index in [0.29, 0.717) is 6.04 Å². The minimum absolute atomic E-state index is 0. The summed E-state index contributed by atoms with van der Waals surface area (Å²) in [5.74, 6) is 0.907. The molecule has 0 radical (unpaired) electrons. The molecular weight excluding hydrogens is 463 g/mol. The first-order valence-electron chi connectivity index (χ1n) is 9.08. The summed E-state index contributed by atoms with van der Waals surface area (Å²) in [6.45, 7) is 8.01. The minimum Gasteiger partial charge on any atom is -0.380 e. The van der Waals surface area contributed by atoms with Gasteiger partial charge >= 0.3 is 0 Å². The molecule has 7 heteroatoms. The molecule has 0 saturated carbocycles. The predicted molar refractivity (Wildman–Crippen MR) is 119 cm³/mol. The number of guanidine groups is 1. The number of likely N-dealkylation sites (tertiary alicyclic amines) is 1. The normalized spacial score (nSPS) is 20.8. The van der Waals surface area contributed by atoms with Crippen molar-refractivity contribution in [1.82, 2.24) is 15.5 Å². The van der Waals surface area contributed by atoms with Crippen LogP contribution in [-0.2, 0) is 11.3 Å². The van der Waals surface area contributed by atoms with Crippen LogP contribution in [0.3, 0.4) is 0 Å². The van der Waals surface area contributed by atoms with Gasteiger partial charge in [-0.25, -0.2) is 0 Å². The van der Waals surface area contributed by atoms with Crippen LogP contribution >= 0.6 is 35.6 Å². The van der Waals surface area contributed by atoms with Crippen LogP contribution in [0, 0.1) is 5.41 Å². The van der Waals surface area contributed by atoms with Crippen molar-refractivity contribution in [2.24, 2.45) is 10.4 Å². The van der Waals surface area contributed by atoms with Gasteiger partial charge in [-0.2, -0.15) is 0 Å². The van der Waals surface area contributed by atoms with Crippen molar-refractivity contribution in [3.8, 4) is 0 Å². The second-order valence-electron chi connectivity index (χ2n) is 7.55. The lowest BCUT2D eigenvalue weighted by Crippen LogP contribution is -2.53. The van der Waals surface area contributed by atoms with Gasteiger partial charge in [0.05, 0.1) is 13.2 Å². The Bertz CT molecular complexity index is 584. The molecule has 2 fully saturated rings. The van der Waals surface area contributed by atoms with E-state index in [1.807, 2.05) is 19.2 Å². The summed E-state index contributed by atoms with van der Waals surface area (Å²) in [6, 6.07) is 8.65. The third-order valence-corrected chi connectivity index (χ3v) is 5.31. The van der Waals surface area contributed by atoms with Gasteiger partial charge in [0, 0.05) is 49.7 Å². The van der Waals surface area contributed by atoms with E-state index in [9.17, 15) is 0 Å². The van der Waals surface area contributed by atoms with Gasteiger partial charge in [0.25, 0.3) is 0 Å². The number of nitrogens with one attached hydrogen (secondary N) is 2. The fourth-order valence-corrected chi connectivity index (χ4v) is 3.45. The number of ether oxygens (including phenoxy) is 1. The van der Waals surface area contributed by atoms with Gasteiger partial charge in [0.15, 0.2) is 5.96 Å². The Balaban J connectivity index is 0.00000243. The predicted octanol–water partition coefficient (Wildman–Crippen LogP) is 3.12. The fourth-order valence-electron chi connectivity index (χ4n) is 3.32. The number of benzene rings is 1. The molecule has 146 valence electrons. The van der Waals surface area contributed by atoms with Crippen molar-refractivity contribution in [2.75, 3.05) is 39.9 Å². The Morgan fingerprint density at radius 1 is 1.27 bits per heavy atom. The summed E-state index contributed by atoms with van der Waals surface area (Å²) < 4.78 is 5.31. The van der Waals surface area contributed by atoms with E-state index in [1.54, 1.807) is 0 Å². The van der Waals surface area contributed by atoms with Crippen LogP contribution in [0.1, 0.15) is 25.3 Å². The zero-order valence-corrected chi connectivity index (χ0v) is 18.7. The van der Waals surface area contributed by atoms with E-state index in [1.165, 1.54) is 5.56 Å². The maximum Gasteiger partial charge on any atom is 0.191 e. The van der Waals surface area contributed by atoms with Gasteiger partial charge in [-0.1, -0.05) is 30.7 Å². The smallest absolute Gasteiger partial charge is 0.191 e. The fraction of sp³-hybridized carbons (Fsp3) is 0.632. The van der Waals surface area contributed by atoms with Gasteiger partial charge in [0.1, 0.15) is 0 Å². The molecule has 5 nitrogen and oxygen atoms in total. The molecule has 2 aliphatic heterocycles. The molecule has 1 aromatic rings. The van der Waals surface area contributed by atoms with Crippen LogP contribution < -0.4 is 10.6 Å². The lowest BCUT2D eigenvalue weighted by Gasteiger charge is -2.39. The van der Waals surface area contributed by atoms with Gasteiger partial charge in [-0.15, -0.1) is 24.0 Å². The summed E-state index contributed by atoms with van der Waals surface area (Å²) in [5.41, 5.74) is 1.57. The number of hydrogen-bond donors (Lipinski definition) is 2. The highest BCUT2D eigenvalue weighted by molar-refractivity contribution is 14.0. The molecule has 0 spiro atoms. The second kappa shape index (κ2) is 10.1. The van der Waals surface area contributed by atoms with E-state index in [4.69, 9.17) is 16.3 Å². The maximum absolute atomic E-state index is 5.96. The van der Waals surface area contributed by atoms with Crippen molar-refractivity contribution >= 4 is 41.5 Å². The standard InChI is InChI=1S/C19H29ClN4O.HI/c1-19(13-25-14-19)12-22-18(21-2)23-17-7-9-24(10-8-17)11-15-3-5-16(20)6-4-15;/h3-6,17H,7-14H2,1-2H3,(H2,21,22,23);1H. The quantitative estimate of drug-likeness (QED) is 0.377.